The lowest BCUT2D eigenvalue weighted by Gasteiger charge is -2.40. The van der Waals surface area contributed by atoms with E-state index in [0.717, 1.165) is 44.0 Å². The molecule has 2 aliphatic heterocycles. The minimum atomic E-state index is 0.0316. The van der Waals surface area contributed by atoms with Crippen LogP contribution in [0.25, 0.3) is 0 Å². The maximum absolute atomic E-state index is 12.1. The zero-order valence-corrected chi connectivity index (χ0v) is 23.7. The Hall–Kier alpha value is -3.52. The Kier molecular flexibility index (Phi) is 7.58. The van der Waals surface area contributed by atoms with Crippen LogP contribution in [0.4, 0.5) is 11.8 Å². The molecule has 1 unspecified atom stereocenters. The van der Waals surface area contributed by atoms with Gasteiger partial charge in [-0.3, -0.25) is 9.69 Å². The van der Waals surface area contributed by atoms with E-state index in [0.29, 0.717) is 23.2 Å². The molecule has 8 heteroatoms. The Morgan fingerprint density at radius 2 is 1.77 bits per heavy atom. The number of amides is 1. The van der Waals surface area contributed by atoms with Crippen molar-refractivity contribution in [3.05, 3.63) is 72.2 Å². The van der Waals surface area contributed by atoms with E-state index < -0.39 is 0 Å². The molecule has 0 spiro atoms. The molecule has 3 heterocycles. The second-order valence-corrected chi connectivity index (χ2v) is 11.7. The Morgan fingerprint density at radius 1 is 1.10 bits per heavy atom. The molecule has 2 fully saturated rings. The van der Waals surface area contributed by atoms with Crippen molar-refractivity contribution < 1.29 is 4.79 Å². The molecular weight excluding hydrogens is 486 g/mol. The fraction of sp³-hybridized carbons (Fsp3) is 0.484. The van der Waals surface area contributed by atoms with Crippen molar-refractivity contribution in [3.63, 3.8) is 0 Å². The van der Waals surface area contributed by atoms with E-state index in [-0.39, 0.29) is 18.0 Å². The first-order valence-corrected chi connectivity index (χ1v) is 14.1. The average molecular weight is 528 g/mol. The molecule has 3 aliphatic rings. The highest BCUT2D eigenvalue weighted by atomic mass is 16.2. The number of piperazine rings is 1. The molecular formula is C31H41N7O. The van der Waals surface area contributed by atoms with Gasteiger partial charge in [-0.2, -0.15) is 4.98 Å². The molecule has 5 rings (SSSR count). The largest absolute Gasteiger partial charge is 0.348 e. The summed E-state index contributed by atoms with van der Waals surface area (Å²) in [7, 11) is 0. The summed E-state index contributed by atoms with van der Waals surface area (Å²) in [6, 6.07) is 9.59. The van der Waals surface area contributed by atoms with Crippen molar-refractivity contribution in [2.45, 2.75) is 65.1 Å². The van der Waals surface area contributed by atoms with E-state index in [4.69, 9.17) is 4.98 Å². The summed E-state index contributed by atoms with van der Waals surface area (Å²) in [6.07, 6.45) is 8.76. The topological polar surface area (TPSA) is 77.0 Å². The van der Waals surface area contributed by atoms with E-state index in [2.05, 4.69) is 85.3 Å². The van der Waals surface area contributed by atoms with Crippen molar-refractivity contribution in [2.24, 2.45) is 10.4 Å². The lowest BCUT2D eigenvalue weighted by molar-refractivity contribution is -0.128. The zero-order chi connectivity index (χ0) is 27.7. The molecule has 1 aliphatic carbocycles. The molecule has 1 aromatic heterocycles. The molecule has 8 nitrogen and oxygen atoms in total. The van der Waals surface area contributed by atoms with Crippen molar-refractivity contribution in [1.82, 2.24) is 19.8 Å². The maximum atomic E-state index is 12.1. The predicted molar refractivity (Wildman–Crippen MR) is 158 cm³/mol. The zero-order valence-electron chi connectivity index (χ0n) is 23.7. The van der Waals surface area contributed by atoms with Crippen molar-refractivity contribution in [2.75, 3.05) is 36.4 Å². The third-order valence-corrected chi connectivity index (χ3v) is 8.37. The van der Waals surface area contributed by atoms with E-state index in [1.807, 2.05) is 16.0 Å². The molecule has 1 aromatic carbocycles. The van der Waals surface area contributed by atoms with Gasteiger partial charge in [0.15, 0.2) is 0 Å². The van der Waals surface area contributed by atoms with Crippen LogP contribution in [0, 0.1) is 5.41 Å². The number of nitrogens with one attached hydrogen (secondary N) is 1. The van der Waals surface area contributed by atoms with Crippen molar-refractivity contribution >= 4 is 23.9 Å². The summed E-state index contributed by atoms with van der Waals surface area (Å²) in [5.41, 5.74) is 3.85. The maximum Gasteiger partial charge on any atom is 0.246 e. The normalized spacial score (nSPS) is 20.0. The number of hydrogen-bond acceptors (Lipinski definition) is 7. The number of aliphatic imine (C=N–C) groups is 1. The quantitative estimate of drug-likeness (QED) is 0.444. The van der Waals surface area contributed by atoms with Crippen LogP contribution in [0.3, 0.4) is 0 Å². The van der Waals surface area contributed by atoms with Gasteiger partial charge in [-0.15, -0.1) is 0 Å². The Bertz CT molecular complexity index is 1260. The minimum absolute atomic E-state index is 0.0316. The monoisotopic (exact) mass is 527 g/mol. The van der Waals surface area contributed by atoms with Gasteiger partial charge in [-0.25, -0.2) is 9.98 Å². The Balaban J connectivity index is 1.29. The predicted octanol–water partition coefficient (Wildman–Crippen LogP) is 5.33. The second kappa shape index (κ2) is 10.9. The number of nitrogens with zero attached hydrogens (tertiary/aromatic N) is 6. The van der Waals surface area contributed by atoms with E-state index in [1.165, 1.54) is 30.0 Å². The third kappa shape index (κ3) is 5.91. The number of hydrogen-bond donors (Lipinski definition) is 1. The number of rotatable bonds is 9. The number of aromatic nitrogens is 2. The summed E-state index contributed by atoms with van der Waals surface area (Å²) in [4.78, 5) is 32.3. The van der Waals surface area contributed by atoms with Crippen LogP contribution in [0.5, 0.6) is 0 Å². The van der Waals surface area contributed by atoms with Gasteiger partial charge in [0.2, 0.25) is 11.9 Å². The van der Waals surface area contributed by atoms with Crippen LogP contribution < -0.4 is 10.2 Å². The molecule has 1 saturated carbocycles. The molecule has 39 heavy (non-hydrogen) atoms. The summed E-state index contributed by atoms with van der Waals surface area (Å²) in [5, 5.41) is 3.48. The second-order valence-electron chi connectivity index (χ2n) is 11.7. The molecule has 206 valence electrons. The third-order valence-electron chi connectivity index (χ3n) is 8.37. The van der Waals surface area contributed by atoms with Crippen molar-refractivity contribution in [3.8, 4) is 0 Å². The highest BCUT2D eigenvalue weighted by Gasteiger charge is 2.41. The average Bonchev–Trinajstić information content (AvgIpc) is 3.67. The first-order chi connectivity index (χ1) is 18.7. The lowest BCUT2D eigenvalue weighted by atomic mass is 9.91. The number of carbonyl (C=O) groups is 1. The lowest BCUT2D eigenvalue weighted by Crippen LogP contribution is -2.49. The van der Waals surface area contributed by atoms with Crippen LogP contribution in [-0.2, 0) is 4.79 Å². The van der Waals surface area contributed by atoms with Gasteiger partial charge in [0.1, 0.15) is 11.6 Å². The summed E-state index contributed by atoms with van der Waals surface area (Å²) in [5.74, 6) is 2.14. The molecule has 2 atom stereocenters. The standard InChI is InChI=1S/C31H41N7O/c1-7-28(39)37-16-14-36(15-17-37)27(18-31(6)12-13-31)25-10-8-24(9-11-25)22(4)34-30-33-20-26-19-32-23(5)38(21(2)3)29(26)35-30/h7-11,19-22,27H,1,5,12-18H2,2-4,6H3,(H,33,34,35)/t22-,27?/m0/s1. The fourth-order valence-electron chi connectivity index (χ4n) is 5.62. The van der Waals surface area contributed by atoms with Crippen molar-refractivity contribution in [1.29, 1.82) is 0 Å². The van der Waals surface area contributed by atoms with E-state index in [9.17, 15) is 4.79 Å². The van der Waals surface area contributed by atoms with Gasteiger partial charge in [0.25, 0.3) is 0 Å². The van der Waals surface area contributed by atoms with Gasteiger partial charge in [-0.1, -0.05) is 44.3 Å². The Labute approximate surface area is 232 Å². The van der Waals surface area contributed by atoms with Gasteiger partial charge >= 0.3 is 0 Å². The molecule has 0 radical (unpaired) electrons. The van der Waals surface area contributed by atoms with Crippen LogP contribution in [0.15, 0.2) is 60.5 Å². The SMILES string of the molecule is C=CC(=O)N1CCN(C(CC2(C)CC2)c2ccc([C@H](C)Nc3ncc4c(n3)N(C(C)C)C(=C)N=C4)cc2)CC1. The highest BCUT2D eigenvalue weighted by molar-refractivity contribution is 5.90. The Morgan fingerprint density at radius 3 is 2.38 bits per heavy atom. The highest BCUT2D eigenvalue weighted by Crippen LogP contribution is 2.52. The molecule has 0 bridgehead atoms. The fourth-order valence-corrected chi connectivity index (χ4v) is 5.62. The summed E-state index contributed by atoms with van der Waals surface area (Å²) >= 11 is 0. The van der Waals surface area contributed by atoms with Crippen LogP contribution in [0.2, 0.25) is 0 Å². The van der Waals surface area contributed by atoms with Gasteiger partial charge in [-0.05, 0) is 62.7 Å². The van der Waals surface area contributed by atoms with Crippen LogP contribution >= 0.6 is 0 Å². The van der Waals surface area contributed by atoms with E-state index >= 15 is 0 Å². The molecule has 1 amide bonds. The summed E-state index contributed by atoms with van der Waals surface area (Å²) < 4.78 is 0. The molecule has 2 aromatic rings. The molecule has 1 saturated heterocycles. The van der Waals surface area contributed by atoms with Crippen LogP contribution in [0.1, 0.15) is 75.7 Å². The molecule has 1 N–H and O–H groups in total. The van der Waals surface area contributed by atoms with Gasteiger partial charge < -0.3 is 15.1 Å². The first kappa shape index (κ1) is 27.1. The number of carbonyl (C=O) groups excluding carboxylic acids is 1. The minimum Gasteiger partial charge on any atom is -0.348 e. The number of anilines is 2. The summed E-state index contributed by atoms with van der Waals surface area (Å²) in [6.45, 7) is 19.8. The smallest absolute Gasteiger partial charge is 0.246 e. The number of fused-ring (bicyclic) bond motifs is 1. The van der Waals surface area contributed by atoms with Gasteiger partial charge in [0.05, 0.1) is 11.6 Å². The van der Waals surface area contributed by atoms with Crippen LogP contribution in [-0.4, -0.2) is 64.1 Å². The van der Waals surface area contributed by atoms with E-state index in [1.54, 1.807) is 6.21 Å². The van der Waals surface area contributed by atoms with Gasteiger partial charge in [0, 0.05) is 50.7 Å². The first-order valence-electron chi connectivity index (χ1n) is 14.1. The number of benzene rings is 1.